The van der Waals surface area contributed by atoms with Gasteiger partial charge in [-0.15, -0.1) is 5.10 Å². The first-order valence-corrected chi connectivity index (χ1v) is 10.1. The van der Waals surface area contributed by atoms with Crippen LogP contribution in [-0.2, 0) is 29.8 Å². The molecule has 2 aromatic carbocycles. The average Bonchev–Trinajstić information content (AvgIpc) is 3.32. The monoisotopic (exact) mass is 404 g/mol. The Bertz CT molecular complexity index is 1020. The fourth-order valence-corrected chi connectivity index (χ4v) is 3.77. The van der Waals surface area contributed by atoms with E-state index in [-0.39, 0.29) is 12.5 Å². The highest BCUT2D eigenvalue weighted by Gasteiger charge is 2.52. The first-order chi connectivity index (χ1) is 14.6. The van der Waals surface area contributed by atoms with E-state index in [1.807, 2.05) is 60.7 Å². The fraction of sp³-hybridized carbons (Fsp3) is 0.318. The van der Waals surface area contributed by atoms with Gasteiger partial charge in [-0.3, -0.25) is 9.69 Å². The number of urea groups is 1. The summed E-state index contributed by atoms with van der Waals surface area (Å²) in [5, 5.41) is 14.7. The van der Waals surface area contributed by atoms with Gasteiger partial charge >= 0.3 is 6.03 Å². The summed E-state index contributed by atoms with van der Waals surface area (Å²) in [6.45, 7) is 2.76. The van der Waals surface area contributed by atoms with Gasteiger partial charge in [0.15, 0.2) is 11.4 Å². The molecule has 3 aromatic rings. The molecule has 1 aliphatic heterocycles. The van der Waals surface area contributed by atoms with Gasteiger partial charge in [0.2, 0.25) is 0 Å². The standard InChI is InChI=1S/C22H24N6O2/c1-2-3-14-28-19(24-25-26-28)16-27-20(29)22(23-21(27)30,18-12-8-5-9-13-18)15-17-10-6-4-7-11-17/h4-13H,2-3,14-16H2,1H3,(H,23,30). The number of carbonyl (C=O) groups excluding carboxylic acids is 2. The Morgan fingerprint density at radius 1 is 1.00 bits per heavy atom. The smallest absolute Gasteiger partial charge is 0.319 e. The molecule has 30 heavy (non-hydrogen) atoms. The Morgan fingerprint density at radius 3 is 2.40 bits per heavy atom. The van der Waals surface area contributed by atoms with Crippen molar-refractivity contribution < 1.29 is 9.59 Å². The molecule has 1 atom stereocenters. The number of imide groups is 1. The van der Waals surface area contributed by atoms with Crippen LogP contribution in [0.15, 0.2) is 60.7 Å². The zero-order valence-corrected chi connectivity index (χ0v) is 16.9. The van der Waals surface area contributed by atoms with Crippen molar-refractivity contribution in [3.8, 4) is 0 Å². The van der Waals surface area contributed by atoms with E-state index in [2.05, 4.69) is 27.8 Å². The lowest BCUT2D eigenvalue weighted by Crippen LogP contribution is -2.46. The molecule has 1 N–H and O–H groups in total. The van der Waals surface area contributed by atoms with Crippen LogP contribution in [0.5, 0.6) is 0 Å². The molecule has 0 radical (unpaired) electrons. The van der Waals surface area contributed by atoms with Crippen LogP contribution in [0.4, 0.5) is 4.79 Å². The molecule has 8 nitrogen and oxygen atoms in total. The van der Waals surface area contributed by atoms with E-state index in [1.165, 1.54) is 4.90 Å². The van der Waals surface area contributed by atoms with E-state index in [4.69, 9.17) is 0 Å². The number of amides is 3. The van der Waals surface area contributed by atoms with Gasteiger partial charge in [-0.25, -0.2) is 9.48 Å². The van der Waals surface area contributed by atoms with E-state index >= 15 is 0 Å². The maximum absolute atomic E-state index is 13.7. The summed E-state index contributed by atoms with van der Waals surface area (Å²) < 4.78 is 1.66. The normalized spacial score (nSPS) is 18.6. The summed E-state index contributed by atoms with van der Waals surface area (Å²) in [5.74, 6) is 0.197. The molecule has 8 heteroatoms. The lowest BCUT2D eigenvalue weighted by Gasteiger charge is -2.27. The highest BCUT2D eigenvalue weighted by atomic mass is 16.2. The molecule has 4 rings (SSSR count). The third kappa shape index (κ3) is 3.68. The second-order valence-corrected chi connectivity index (χ2v) is 7.43. The number of hydrogen-bond donors (Lipinski definition) is 1. The van der Waals surface area contributed by atoms with Crippen molar-refractivity contribution in [3.05, 3.63) is 77.6 Å². The average molecular weight is 404 g/mol. The predicted molar refractivity (Wildman–Crippen MR) is 110 cm³/mol. The minimum atomic E-state index is -1.17. The van der Waals surface area contributed by atoms with Crippen molar-refractivity contribution in [1.29, 1.82) is 0 Å². The van der Waals surface area contributed by atoms with Crippen molar-refractivity contribution >= 4 is 11.9 Å². The van der Waals surface area contributed by atoms with Crippen molar-refractivity contribution in [1.82, 2.24) is 30.4 Å². The first-order valence-electron chi connectivity index (χ1n) is 10.1. The molecule has 2 heterocycles. The molecule has 154 valence electrons. The lowest BCUT2D eigenvalue weighted by molar-refractivity contribution is -0.132. The van der Waals surface area contributed by atoms with Crippen molar-refractivity contribution in [2.45, 2.75) is 44.8 Å². The molecule has 3 amide bonds. The van der Waals surface area contributed by atoms with Crippen LogP contribution in [0.3, 0.4) is 0 Å². The highest BCUT2D eigenvalue weighted by Crippen LogP contribution is 2.33. The molecule has 1 saturated heterocycles. The maximum atomic E-state index is 13.7. The summed E-state index contributed by atoms with van der Waals surface area (Å²) in [6, 6.07) is 18.6. The lowest BCUT2D eigenvalue weighted by atomic mass is 9.83. The molecule has 0 spiro atoms. The minimum absolute atomic E-state index is 0.0325. The van der Waals surface area contributed by atoms with Gasteiger partial charge < -0.3 is 5.32 Å². The third-order valence-electron chi connectivity index (χ3n) is 5.38. The number of carbonyl (C=O) groups is 2. The molecule has 1 fully saturated rings. The quantitative estimate of drug-likeness (QED) is 0.583. The Balaban J connectivity index is 1.67. The van der Waals surface area contributed by atoms with E-state index in [9.17, 15) is 9.59 Å². The third-order valence-corrected chi connectivity index (χ3v) is 5.38. The Kier molecular flexibility index (Phi) is 5.56. The second-order valence-electron chi connectivity index (χ2n) is 7.43. The van der Waals surface area contributed by atoms with Crippen molar-refractivity contribution in [3.63, 3.8) is 0 Å². The molecule has 1 aliphatic rings. The highest BCUT2D eigenvalue weighted by molar-refractivity contribution is 6.07. The molecule has 1 aromatic heterocycles. The SMILES string of the molecule is CCCCn1nnnc1CN1C(=O)NC(Cc2ccccc2)(c2ccccc2)C1=O. The van der Waals surface area contributed by atoms with Crippen molar-refractivity contribution in [2.24, 2.45) is 0 Å². The van der Waals surface area contributed by atoms with Crippen LogP contribution >= 0.6 is 0 Å². The first kappa shape index (κ1) is 19.8. The summed E-state index contributed by atoms with van der Waals surface area (Å²) in [5.41, 5.74) is 0.548. The van der Waals surface area contributed by atoms with E-state index in [1.54, 1.807) is 4.68 Å². The summed E-state index contributed by atoms with van der Waals surface area (Å²) >= 11 is 0. The molecular formula is C22H24N6O2. The topological polar surface area (TPSA) is 93.0 Å². The van der Waals surface area contributed by atoms with Crippen LogP contribution in [-0.4, -0.2) is 37.0 Å². The number of unbranched alkanes of at least 4 members (excludes halogenated alkanes) is 1. The number of aromatic nitrogens is 4. The Hall–Kier alpha value is -3.55. The van der Waals surface area contributed by atoms with E-state index in [0.717, 1.165) is 24.0 Å². The van der Waals surface area contributed by atoms with Crippen LogP contribution in [0.2, 0.25) is 0 Å². The number of nitrogens with zero attached hydrogens (tertiary/aromatic N) is 5. The van der Waals surface area contributed by atoms with Crippen molar-refractivity contribution in [2.75, 3.05) is 0 Å². The molecule has 0 aliphatic carbocycles. The Labute approximate surface area is 174 Å². The number of hydrogen-bond acceptors (Lipinski definition) is 5. The number of nitrogens with one attached hydrogen (secondary N) is 1. The van der Waals surface area contributed by atoms with Crippen LogP contribution in [0.25, 0.3) is 0 Å². The van der Waals surface area contributed by atoms with Gasteiger partial charge in [-0.2, -0.15) is 0 Å². The predicted octanol–water partition coefficient (Wildman–Crippen LogP) is 2.66. The molecule has 1 unspecified atom stereocenters. The fourth-order valence-electron chi connectivity index (χ4n) is 3.77. The number of tetrazole rings is 1. The zero-order chi connectivity index (χ0) is 21.0. The van der Waals surface area contributed by atoms with Crippen LogP contribution in [0, 0.1) is 0 Å². The van der Waals surface area contributed by atoms with E-state index < -0.39 is 11.6 Å². The maximum Gasteiger partial charge on any atom is 0.325 e. The van der Waals surface area contributed by atoms with Gasteiger partial charge in [0, 0.05) is 13.0 Å². The minimum Gasteiger partial charge on any atom is -0.319 e. The summed E-state index contributed by atoms with van der Waals surface area (Å²) in [6.07, 6.45) is 2.27. The van der Waals surface area contributed by atoms with Crippen LogP contribution < -0.4 is 5.32 Å². The van der Waals surface area contributed by atoms with Gasteiger partial charge in [-0.05, 0) is 28.0 Å². The zero-order valence-electron chi connectivity index (χ0n) is 16.9. The number of rotatable bonds is 8. The van der Waals surface area contributed by atoms with Gasteiger partial charge in [0.25, 0.3) is 5.91 Å². The molecule has 0 saturated carbocycles. The number of benzene rings is 2. The largest absolute Gasteiger partial charge is 0.325 e. The van der Waals surface area contributed by atoms with Gasteiger partial charge in [-0.1, -0.05) is 74.0 Å². The van der Waals surface area contributed by atoms with Crippen LogP contribution in [0.1, 0.15) is 36.7 Å². The van der Waals surface area contributed by atoms with Gasteiger partial charge in [0.05, 0.1) is 6.54 Å². The molecular weight excluding hydrogens is 380 g/mol. The second kappa shape index (κ2) is 8.44. The van der Waals surface area contributed by atoms with Gasteiger partial charge in [0.1, 0.15) is 0 Å². The molecule has 0 bridgehead atoms. The van der Waals surface area contributed by atoms with E-state index in [0.29, 0.717) is 18.8 Å². The summed E-state index contributed by atoms with van der Waals surface area (Å²) in [4.78, 5) is 27.8. The number of aryl methyl sites for hydroxylation is 1. The summed E-state index contributed by atoms with van der Waals surface area (Å²) in [7, 11) is 0. The Morgan fingerprint density at radius 2 is 1.70 bits per heavy atom.